The van der Waals surface area contributed by atoms with Gasteiger partial charge in [-0.3, -0.25) is 0 Å². The van der Waals surface area contributed by atoms with Crippen LogP contribution >= 0.6 is 0 Å². The van der Waals surface area contributed by atoms with Gasteiger partial charge in [-0.15, -0.1) is 10.6 Å². The molecule has 0 saturated heterocycles. The molecular formula is C8H20AlO. The van der Waals surface area contributed by atoms with Crippen LogP contribution in [0.25, 0.3) is 0 Å². The maximum absolute atomic E-state index is 8.36. The Morgan fingerprint density at radius 3 is 1.50 bits per heavy atom. The lowest BCUT2D eigenvalue weighted by Crippen LogP contribution is -1.93. The van der Waals surface area contributed by atoms with E-state index in [2.05, 4.69) is 13.8 Å². The van der Waals surface area contributed by atoms with Crippen LogP contribution in [0.4, 0.5) is 0 Å². The SMILES string of the molecule is CCC(C)O.C[CH2][Al][CH2]C. The summed E-state index contributed by atoms with van der Waals surface area (Å²) < 4.78 is 0. The molecule has 0 aromatic carbocycles. The Labute approximate surface area is 71.5 Å². The van der Waals surface area contributed by atoms with Gasteiger partial charge in [-0.25, -0.2) is 0 Å². The third-order valence-electron chi connectivity index (χ3n) is 1.17. The van der Waals surface area contributed by atoms with E-state index in [9.17, 15) is 0 Å². The van der Waals surface area contributed by atoms with Gasteiger partial charge in [0.25, 0.3) is 0 Å². The standard InChI is InChI=1S/C4H10O.2C2H5.Al/c1-3-4(2)5;2*1-2;/h4-5H,3H2,1-2H3;2*1H2,2H3;. The van der Waals surface area contributed by atoms with E-state index in [1.165, 1.54) is 10.6 Å². The molecule has 61 valence electrons. The van der Waals surface area contributed by atoms with Crippen molar-refractivity contribution in [3.63, 3.8) is 0 Å². The zero-order chi connectivity index (χ0) is 8.41. The second-order valence-electron chi connectivity index (χ2n) is 2.36. The summed E-state index contributed by atoms with van der Waals surface area (Å²) in [6.07, 6.45) is 0.745. The molecule has 10 heavy (non-hydrogen) atoms. The van der Waals surface area contributed by atoms with Crippen LogP contribution in [0, 0.1) is 0 Å². The summed E-state index contributed by atoms with van der Waals surface area (Å²) in [4.78, 5) is 0. The molecule has 0 aromatic heterocycles. The molecule has 0 saturated carbocycles. The summed E-state index contributed by atoms with van der Waals surface area (Å²) in [5, 5.41) is 11.2. The van der Waals surface area contributed by atoms with E-state index in [1.807, 2.05) is 6.92 Å². The van der Waals surface area contributed by atoms with Gasteiger partial charge in [0.1, 0.15) is 0 Å². The molecule has 0 heterocycles. The lowest BCUT2D eigenvalue weighted by Gasteiger charge is -1.90. The van der Waals surface area contributed by atoms with Gasteiger partial charge < -0.3 is 5.11 Å². The number of hydrogen-bond acceptors (Lipinski definition) is 1. The van der Waals surface area contributed by atoms with Crippen molar-refractivity contribution in [2.45, 2.75) is 50.8 Å². The lowest BCUT2D eigenvalue weighted by atomic mass is 10.3. The first-order chi connectivity index (χ1) is 4.68. The molecule has 0 aromatic rings. The molecular weight excluding hydrogens is 139 g/mol. The van der Waals surface area contributed by atoms with Crippen molar-refractivity contribution in [3.05, 3.63) is 0 Å². The molecule has 0 aliphatic rings. The fraction of sp³-hybridized carbons (Fsp3) is 1.00. The van der Waals surface area contributed by atoms with Crippen molar-refractivity contribution in [1.29, 1.82) is 0 Å². The highest BCUT2D eigenvalue weighted by Gasteiger charge is 1.81. The molecule has 1 unspecified atom stereocenters. The molecule has 0 rings (SSSR count). The van der Waals surface area contributed by atoms with E-state index in [4.69, 9.17) is 5.11 Å². The van der Waals surface area contributed by atoms with Crippen LogP contribution in [0.5, 0.6) is 0 Å². The van der Waals surface area contributed by atoms with Gasteiger partial charge in [0.2, 0.25) is 0 Å². The zero-order valence-electron chi connectivity index (χ0n) is 7.72. The van der Waals surface area contributed by atoms with E-state index in [1.54, 1.807) is 6.92 Å². The quantitative estimate of drug-likeness (QED) is 0.627. The van der Waals surface area contributed by atoms with E-state index in [0.29, 0.717) is 0 Å². The number of hydrogen-bond donors (Lipinski definition) is 1. The highest BCUT2D eigenvalue weighted by Crippen LogP contribution is 1.81. The third-order valence-corrected chi connectivity index (χ3v) is 2.32. The van der Waals surface area contributed by atoms with Gasteiger partial charge in [-0.2, -0.15) is 0 Å². The molecule has 1 radical (unpaired) electrons. The second-order valence-corrected chi connectivity index (χ2v) is 4.57. The van der Waals surface area contributed by atoms with Gasteiger partial charge in [-0.1, -0.05) is 20.8 Å². The van der Waals surface area contributed by atoms with E-state index in [-0.39, 0.29) is 6.10 Å². The Morgan fingerprint density at radius 1 is 1.20 bits per heavy atom. The van der Waals surface area contributed by atoms with Crippen LogP contribution in [0.3, 0.4) is 0 Å². The van der Waals surface area contributed by atoms with Gasteiger partial charge in [0.05, 0.1) is 6.10 Å². The zero-order valence-corrected chi connectivity index (χ0v) is 8.88. The maximum Gasteiger partial charge on any atom is 0.198 e. The van der Waals surface area contributed by atoms with Gasteiger partial charge >= 0.3 is 0 Å². The van der Waals surface area contributed by atoms with E-state index < -0.39 is 0 Å². The first-order valence-electron chi connectivity index (χ1n) is 4.18. The largest absolute Gasteiger partial charge is 0.393 e. The van der Waals surface area contributed by atoms with Crippen molar-refractivity contribution in [2.75, 3.05) is 0 Å². The molecule has 0 fully saturated rings. The molecule has 1 atom stereocenters. The highest BCUT2D eigenvalue weighted by molar-refractivity contribution is 6.34. The highest BCUT2D eigenvalue weighted by atomic mass is 27.1. The molecule has 1 nitrogen and oxygen atoms in total. The predicted molar refractivity (Wildman–Crippen MR) is 48.7 cm³/mol. The summed E-state index contributed by atoms with van der Waals surface area (Å²) in [6.45, 7) is 8.22. The monoisotopic (exact) mass is 159 g/mol. The average Bonchev–Trinajstić information content (AvgIpc) is 1.91. The van der Waals surface area contributed by atoms with Crippen LogP contribution in [0.15, 0.2) is 0 Å². The summed E-state index contributed by atoms with van der Waals surface area (Å²) in [5.41, 5.74) is 0. The van der Waals surface area contributed by atoms with Crippen molar-refractivity contribution < 1.29 is 5.11 Å². The molecule has 0 aliphatic heterocycles. The van der Waals surface area contributed by atoms with E-state index in [0.717, 1.165) is 21.6 Å². The topological polar surface area (TPSA) is 20.2 Å². The van der Waals surface area contributed by atoms with Crippen molar-refractivity contribution in [1.82, 2.24) is 0 Å². The van der Waals surface area contributed by atoms with Gasteiger partial charge in [0.15, 0.2) is 15.2 Å². The fourth-order valence-corrected chi connectivity index (χ4v) is 0.866. The summed E-state index contributed by atoms with van der Waals surface area (Å²) in [5.74, 6) is 0. The first-order valence-corrected chi connectivity index (χ1v) is 5.81. The molecule has 0 spiro atoms. The van der Waals surface area contributed by atoms with Crippen molar-refractivity contribution in [3.8, 4) is 0 Å². The Bertz CT molecular complexity index is 44.5. The Kier molecular flexibility index (Phi) is 16.0. The van der Waals surface area contributed by atoms with Crippen molar-refractivity contribution >= 4 is 15.2 Å². The number of rotatable bonds is 3. The normalized spacial score (nSPS) is 11.3. The summed E-state index contributed by atoms with van der Waals surface area (Å²) in [6, 6.07) is 0. The van der Waals surface area contributed by atoms with Crippen LogP contribution in [-0.4, -0.2) is 26.4 Å². The third kappa shape index (κ3) is 23.6. The Hall–Kier alpha value is 0.492. The smallest absolute Gasteiger partial charge is 0.198 e. The molecule has 0 bridgehead atoms. The van der Waals surface area contributed by atoms with Crippen LogP contribution < -0.4 is 0 Å². The van der Waals surface area contributed by atoms with Crippen LogP contribution in [0.2, 0.25) is 10.6 Å². The minimum Gasteiger partial charge on any atom is -0.393 e. The van der Waals surface area contributed by atoms with Crippen LogP contribution in [-0.2, 0) is 0 Å². The molecule has 2 heteroatoms. The molecule has 0 aliphatic carbocycles. The Morgan fingerprint density at radius 2 is 1.50 bits per heavy atom. The minimum atomic E-state index is -0.116. The first kappa shape index (κ1) is 13.1. The van der Waals surface area contributed by atoms with Crippen molar-refractivity contribution in [2.24, 2.45) is 0 Å². The van der Waals surface area contributed by atoms with Gasteiger partial charge in [-0.05, 0) is 13.3 Å². The summed E-state index contributed by atoms with van der Waals surface area (Å²) >= 11 is 0.815. The number of aliphatic hydroxyl groups excluding tert-OH is 1. The van der Waals surface area contributed by atoms with Crippen LogP contribution in [0.1, 0.15) is 34.1 Å². The number of aliphatic hydroxyl groups is 1. The van der Waals surface area contributed by atoms with E-state index >= 15 is 0 Å². The lowest BCUT2D eigenvalue weighted by molar-refractivity contribution is 0.191. The second kappa shape index (κ2) is 12.2. The maximum atomic E-state index is 8.36. The predicted octanol–water partition coefficient (Wildman–Crippen LogP) is 2.34. The Balaban J connectivity index is 0. The minimum absolute atomic E-state index is 0.116. The fourth-order valence-electron chi connectivity index (χ4n) is 0.289. The molecule has 0 amide bonds. The summed E-state index contributed by atoms with van der Waals surface area (Å²) in [7, 11) is 0. The molecule has 1 N–H and O–H groups in total. The van der Waals surface area contributed by atoms with Gasteiger partial charge in [0, 0.05) is 0 Å². The average molecular weight is 159 g/mol.